The Bertz CT molecular complexity index is 394. The molecule has 18 heavy (non-hydrogen) atoms. The summed E-state index contributed by atoms with van der Waals surface area (Å²) in [7, 11) is 0. The fraction of sp³-hybridized carbons (Fsp3) is 0.533. The highest BCUT2D eigenvalue weighted by Gasteiger charge is 2.18. The molecular weight excluding hydrogens is 228 g/mol. The summed E-state index contributed by atoms with van der Waals surface area (Å²) < 4.78 is 10.7. The zero-order valence-corrected chi connectivity index (χ0v) is 10.9. The second kappa shape index (κ2) is 6.55. The molecule has 0 aliphatic carbocycles. The van der Waals surface area contributed by atoms with Crippen LogP contribution < -0.4 is 4.74 Å². The molecule has 0 unspecified atom stereocenters. The molecule has 98 valence electrons. The van der Waals surface area contributed by atoms with E-state index in [9.17, 15) is 4.79 Å². The summed E-state index contributed by atoms with van der Waals surface area (Å²) in [5, 5.41) is 0. The first-order chi connectivity index (χ1) is 8.79. The fourth-order valence-corrected chi connectivity index (χ4v) is 2.26. The van der Waals surface area contributed by atoms with Gasteiger partial charge >= 0.3 is 0 Å². The van der Waals surface area contributed by atoms with Gasteiger partial charge in [-0.3, -0.25) is 4.79 Å². The monoisotopic (exact) mass is 248 g/mol. The van der Waals surface area contributed by atoms with Crippen molar-refractivity contribution in [3.05, 3.63) is 29.8 Å². The van der Waals surface area contributed by atoms with Crippen LogP contribution in [0.5, 0.6) is 5.75 Å². The lowest BCUT2D eigenvalue weighted by Crippen LogP contribution is -2.18. The van der Waals surface area contributed by atoms with Gasteiger partial charge in [0.25, 0.3) is 0 Å². The molecule has 1 aromatic rings. The maximum absolute atomic E-state index is 12.2. The van der Waals surface area contributed by atoms with E-state index in [-0.39, 0.29) is 5.78 Å². The highest BCUT2D eigenvalue weighted by Crippen LogP contribution is 2.22. The standard InChI is InChI=1S/C15H20O3/c1-2-18-14-5-3-4-13(11-14)15(16)10-12-6-8-17-9-7-12/h3-5,11-12H,2,6-10H2,1H3. The second-order valence-electron chi connectivity index (χ2n) is 4.64. The first-order valence-corrected chi connectivity index (χ1v) is 6.63. The van der Waals surface area contributed by atoms with Crippen LogP contribution in [0, 0.1) is 5.92 Å². The third kappa shape index (κ3) is 3.57. The van der Waals surface area contributed by atoms with Crippen LogP contribution in [0.1, 0.15) is 36.5 Å². The Morgan fingerprint density at radius 1 is 1.39 bits per heavy atom. The molecule has 1 aliphatic heterocycles. The predicted octanol–water partition coefficient (Wildman–Crippen LogP) is 3.08. The average molecular weight is 248 g/mol. The smallest absolute Gasteiger partial charge is 0.163 e. The molecular formula is C15H20O3. The number of carbonyl (C=O) groups is 1. The molecule has 1 heterocycles. The van der Waals surface area contributed by atoms with Gasteiger partial charge in [-0.05, 0) is 37.8 Å². The van der Waals surface area contributed by atoms with E-state index >= 15 is 0 Å². The number of benzene rings is 1. The van der Waals surface area contributed by atoms with Gasteiger partial charge in [-0.15, -0.1) is 0 Å². The molecule has 0 amide bonds. The molecule has 3 nitrogen and oxygen atoms in total. The molecule has 1 fully saturated rings. The zero-order valence-electron chi connectivity index (χ0n) is 10.9. The van der Waals surface area contributed by atoms with E-state index in [1.54, 1.807) is 0 Å². The van der Waals surface area contributed by atoms with E-state index in [2.05, 4.69) is 0 Å². The van der Waals surface area contributed by atoms with E-state index in [1.807, 2.05) is 31.2 Å². The largest absolute Gasteiger partial charge is 0.494 e. The minimum absolute atomic E-state index is 0.212. The summed E-state index contributed by atoms with van der Waals surface area (Å²) in [5.41, 5.74) is 0.757. The first kappa shape index (κ1) is 13.1. The first-order valence-electron chi connectivity index (χ1n) is 6.63. The molecule has 0 spiro atoms. The number of rotatable bonds is 5. The number of Topliss-reactive ketones (excluding diaryl/α,β-unsaturated/α-hetero) is 1. The van der Waals surface area contributed by atoms with Crippen LogP contribution in [0.4, 0.5) is 0 Å². The molecule has 1 saturated heterocycles. The van der Waals surface area contributed by atoms with Gasteiger partial charge < -0.3 is 9.47 Å². The van der Waals surface area contributed by atoms with Gasteiger partial charge in [-0.2, -0.15) is 0 Å². The van der Waals surface area contributed by atoms with Crippen LogP contribution >= 0.6 is 0 Å². The molecule has 0 N–H and O–H groups in total. The van der Waals surface area contributed by atoms with Crippen molar-refractivity contribution in [2.24, 2.45) is 5.92 Å². The summed E-state index contributed by atoms with van der Waals surface area (Å²) in [6.45, 7) is 4.14. The minimum atomic E-state index is 0.212. The Morgan fingerprint density at radius 3 is 2.89 bits per heavy atom. The van der Waals surface area contributed by atoms with Crippen molar-refractivity contribution in [1.82, 2.24) is 0 Å². The Kier molecular flexibility index (Phi) is 4.76. The quantitative estimate of drug-likeness (QED) is 0.751. The molecule has 1 aliphatic rings. The zero-order chi connectivity index (χ0) is 12.8. The molecule has 2 rings (SSSR count). The molecule has 1 aromatic carbocycles. The Morgan fingerprint density at radius 2 is 2.17 bits per heavy atom. The molecule has 0 saturated carbocycles. The number of carbonyl (C=O) groups excluding carboxylic acids is 1. The number of hydrogen-bond donors (Lipinski definition) is 0. The maximum atomic E-state index is 12.2. The Labute approximate surface area is 108 Å². The Balaban J connectivity index is 1.96. The van der Waals surface area contributed by atoms with Gasteiger partial charge in [-0.1, -0.05) is 12.1 Å². The number of ether oxygens (including phenoxy) is 2. The van der Waals surface area contributed by atoms with Gasteiger partial charge in [0, 0.05) is 25.2 Å². The summed E-state index contributed by atoms with van der Waals surface area (Å²) >= 11 is 0. The lowest BCUT2D eigenvalue weighted by molar-refractivity contribution is 0.0601. The highest BCUT2D eigenvalue weighted by molar-refractivity contribution is 5.96. The van der Waals surface area contributed by atoms with Crippen LogP contribution in [-0.2, 0) is 4.74 Å². The summed E-state index contributed by atoms with van der Waals surface area (Å²) in [6, 6.07) is 7.46. The SMILES string of the molecule is CCOc1cccc(C(=O)CC2CCOCC2)c1. The van der Waals surface area contributed by atoms with Crippen LogP contribution in [0.2, 0.25) is 0 Å². The number of hydrogen-bond acceptors (Lipinski definition) is 3. The highest BCUT2D eigenvalue weighted by atomic mass is 16.5. The second-order valence-corrected chi connectivity index (χ2v) is 4.64. The van der Waals surface area contributed by atoms with E-state index in [0.717, 1.165) is 37.4 Å². The third-order valence-corrected chi connectivity index (χ3v) is 3.28. The lowest BCUT2D eigenvalue weighted by Gasteiger charge is -2.21. The van der Waals surface area contributed by atoms with E-state index in [4.69, 9.17) is 9.47 Å². The average Bonchev–Trinajstić information content (AvgIpc) is 2.40. The van der Waals surface area contributed by atoms with Crippen LogP contribution in [-0.4, -0.2) is 25.6 Å². The normalized spacial score (nSPS) is 16.5. The lowest BCUT2D eigenvalue weighted by atomic mass is 9.92. The third-order valence-electron chi connectivity index (χ3n) is 3.28. The van der Waals surface area contributed by atoms with E-state index in [0.29, 0.717) is 18.9 Å². The fourth-order valence-electron chi connectivity index (χ4n) is 2.26. The van der Waals surface area contributed by atoms with Gasteiger partial charge in [0.2, 0.25) is 0 Å². The minimum Gasteiger partial charge on any atom is -0.494 e. The molecule has 0 bridgehead atoms. The summed E-state index contributed by atoms with van der Waals surface area (Å²) in [6.07, 6.45) is 2.62. The van der Waals surface area contributed by atoms with Gasteiger partial charge in [-0.25, -0.2) is 0 Å². The number of ketones is 1. The Hall–Kier alpha value is -1.35. The van der Waals surface area contributed by atoms with Crippen molar-refractivity contribution in [1.29, 1.82) is 0 Å². The molecule has 0 atom stereocenters. The molecule has 0 radical (unpaired) electrons. The van der Waals surface area contributed by atoms with Crippen LogP contribution in [0.15, 0.2) is 24.3 Å². The van der Waals surface area contributed by atoms with E-state index < -0.39 is 0 Å². The van der Waals surface area contributed by atoms with Crippen molar-refractivity contribution in [3.8, 4) is 5.75 Å². The van der Waals surface area contributed by atoms with Gasteiger partial charge in [0.1, 0.15) is 5.75 Å². The predicted molar refractivity (Wildman–Crippen MR) is 70.1 cm³/mol. The van der Waals surface area contributed by atoms with Gasteiger partial charge in [0.05, 0.1) is 6.61 Å². The molecule has 0 aromatic heterocycles. The van der Waals surface area contributed by atoms with Crippen molar-refractivity contribution >= 4 is 5.78 Å². The topological polar surface area (TPSA) is 35.5 Å². The summed E-state index contributed by atoms with van der Waals surface area (Å²) in [5.74, 6) is 1.46. The maximum Gasteiger partial charge on any atom is 0.163 e. The van der Waals surface area contributed by atoms with Crippen LogP contribution in [0.3, 0.4) is 0 Å². The van der Waals surface area contributed by atoms with Crippen molar-refractivity contribution in [3.63, 3.8) is 0 Å². The van der Waals surface area contributed by atoms with Crippen molar-refractivity contribution in [2.45, 2.75) is 26.2 Å². The van der Waals surface area contributed by atoms with Gasteiger partial charge in [0.15, 0.2) is 5.78 Å². The summed E-state index contributed by atoms with van der Waals surface area (Å²) in [4.78, 5) is 12.2. The van der Waals surface area contributed by atoms with Crippen LogP contribution in [0.25, 0.3) is 0 Å². The van der Waals surface area contributed by atoms with Crippen molar-refractivity contribution < 1.29 is 14.3 Å². The van der Waals surface area contributed by atoms with Crippen molar-refractivity contribution in [2.75, 3.05) is 19.8 Å². The molecule has 3 heteroatoms. The van der Waals surface area contributed by atoms with E-state index in [1.165, 1.54) is 0 Å².